The molecule has 0 fully saturated rings. The van der Waals surface area contributed by atoms with Crippen LogP contribution in [0.4, 0.5) is 0 Å². The molecule has 0 spiro atoms. The molecule has 1 aromatic rings. The average Bonchev–Trinajstić information content (AvgIpc) is 2.44. The zero-order chi connectivity index (χ0) is 16.8. The second-order valence-corrected chi connectivity index (χ2v) is 9.08. The number of nitrogens with one attached hydrogen (secondary N) is 1. The number of rotatable bonds is 7. The van der Waals surface area contributed by atoms with Crippen molar-refractivity contribution in [1.82, 2.24) is 5.09 Å². The summed E-state index contributed by atoms with van der Waals surface area (Å²) < 4.78 is 24.1. The lowest BCUT2D eigenvalue weighted by molar-refractivity contribution is -0.143. The van der Waals surface area contributed by atoms with E-state index in [0.717, 1.165) is 0 Å². The van der Waals surface area contributed by atoms with E-state index in [-0.39, 0.29) is 18.6 Å². The minimum atomic E-state index is -3.19. The second kappa shape index (κ2) is 7.80. The molecule has 0 radical (unpaired) electrons. The number of hydrogen-bond acceptors (Lipinski definition) is 4. The highest BCUT2D eigenvalue weighted by atomic mass is 31.2. The predicted molar refractivity (Wildman–Crippen MR) is 88.3 cm³/mol. The molecular weight excluding hydrogens is 301 g/mol. The maximum atomic E-state index is 13.3. The molecule has 0 aliphatic carbocycles. The van der Waals surface area contributed by atoms with Gasteiger partial charge in [0.2, 0.25) is 0 Å². The van der Waals surface area contributed by atoms with E-state index in [1.165, 1.54) is 0 Å². The van der Waals surface area contributed by atoms with Crippen LogP contribution < -0.4 is 9.61 Å². The Kier molecular flexibility index (Phi) is 6.64. The summed E-state index contributed by atoms with van der Waals surface area (Å²) in [7, 11) is -3.19. The summed E-state index contributed by atoms with van der Waals surface area (Å²) in [5.41, 5.74) is 0. The first-order valence-corrected chi connectivity index (χ1v) is 9.08. The lowest BCUT2D eigenvalue weighted by Gasteiger charge is -2.33. The van der Waals surface area contributed by atoms with Gasteiger partial charge in [0, 0.05) is 12.5 Å². The van der Waals surface area contributed by atoms with E-state index < -0.39 is 12.7 Å². The Hall–Kier alpha value is -1.32. The number of esters is 1. The van der Waals surface area contributed by atoms with E-state index >= 15 is 0 Å². The molecule has 0 saturated carbocycles. The molecule has 1 aromatic carbocycles. The number of carbonyl (C=O) groups is 1. The Labute approximate surface area is 132 Å². The van der Waals surface area contributed by atoms with Crippen molar-refractivity contribution in [2.45, 2.75) is 52.2 Å². The highest BCUT2D eigenvalue weighted by Gasteiger charge is 2.40. The van der Waals surface area contributed by atoms with Crippen LogP contribution in [0.25, 0.3) is 0 Å². The van der Waals surface area contributed by atoms with Crippen LogP contribution >= 0.6 is 7.52 Å². The molecule has 22 heavy (non-hydrogen) atoms. The molecule has 1 rings (SSSR count). The summed E-state index contributed by atoms with van der Waals surface area (Å²) in [4.78, 5) is 11.2. The summed E-state index contributed by atoms with van der Waals surface area (Å²) in [6, 6.07) is 8.78. The van der Waals surface area contributed by atoms with Crippen molar-refractivity contribution in [3.8, 4) is 5.75 Å². The van der Waals surface area contributed by atoms with Crippen molar-refractivity contribution in [2.75, 3.05) is 6.61 Å². The van der Waals surface area contributed by atoms with Crippen LogP contribution in [0.3, 0.4) is 0 Å². The van der Waals surface area contributed by atoms with Crippen molar-refractivity contribution in [3.63, 3.8) is 0 Å². The normalized spacial score (nSPS) is 15.7. The molecule has 0 heterocycles. The first kappa shape index (κ1) is 18.7. The van der Waals surface area contributed by atoms with Gasteiger partial charge < -0.3 is 9.26 Å². The minimum absolute atomic E-state index is 0.158. The van der Waals surface area contributed by atoms with E-state index in [2.05, 4.69) is 5.09 Å². The lowest BCUT2D eigenvalue weighted by Crippen LogP contribution is -2.37. The zero-order valence-corrected chi connectivity index (χ0v) is 14.9. The van der Waals surface area contributed by atoms with Gasteiger partial charge in [-0.25, -0.2) is 5.09 Å². The average molecular weight is 327 g/mol. The van der Waals surface area contributed by atoms with Crippen LogP contribution in [0.15, 0.2) is 30.3 Å². The Morgan fingerprint density at radius 3 is 2.36 bits per heavy atom. The minimum Gasteiger partial charge on any atom is -0.464 e. The Balaban J connectivity index is 2.80. The topological polar surface area (TPSA) is 64.6 Å². The first-order chi connectivity index (χ1) is 10.2. The maximum absolute atomic E-state index is 13.3. The molecule has 0 bridgehead atoms. The SMILES string of the molecule is CCC(=O)OC[C@H](C)NP(=O)(Oc1ccccc1)C(C)(C)C. The van der Waals surface area contributed by atoms with Gasteiger partial charge in [0.15, 0.2) is 0 Å². The first-order valence-electron chi connectivity index (χ1n) is 7.46. The smallest absolute Gasteiger partial charge is 0.322 e. The Bertz CT molecular complexity index is 525. The highest BCUT2D eigenvalue weighted by molar-refractivity contribution is 7.58. The standard InChI is InChI=1S/C16H26NO4P/c1-6-15(18)20-12-13(2)17-22(19,16(3,4)5)21-14-10-8-7-9-11-14/h7-11,13H,6,12H2,1-5H3,(H,17,19)/t13-,22?/m0/s1. The van der Waals surface area contributed by atoms with Crippen molar-refractivity contribution in [2.24, 2.45) is 0 Å². The van der Waals surface area contributed by atoms with Gasteiger partial charge in [0.1, 0.15) is 12.4 Å². The summed E-state index contributed by atoms with van der Waals surface area (Å²) in [5.74, 6) is 0.272. The molecule has 0 amide bonds. The van der Waals surface area contributed by atoms with E-state index in [9.17, 15) is 9.36 Å². The van der Waals surface area contributed by atoms with Crippen LogP contribution in [-0.4, -0.2) is 23.8 Å². The fourth-order valence-corrected chi connectivity index (χ4v) is 3.42. The Morgan fingerprint density at radius 1 is 1.27 bits per heavy atom. The third kappa shape index (κ3) is 5.47. The molecule has 0 saturated heterocycles. The summed E-state index contributed by atoms with van der Waals surface area (Å²) in [6.45, 7) is 9.27. The third-order valence-electron chi connectivity index (χ3n) is 3.03. The van der Waals surface area contributed by atoms with Gasteiger partial charge in [-0.3, -0.25) is 9.36 Å². The van der Waals surface area contributed by atoms with Crippen molar-refractivity contribution in [1.29, 1.82) is 0 Å². The van der Waals surface area contributed by atoms with Gasteiger partial charge >= 0.3 is 13.5 Å². The molecule has 6 heteroatoms. The van der Waals surface area contributed by atoms with Crippen molar-refractivity contribution >= 4 is 13.5 Å². The highest BCUT2D eigenvalue weighted by Crippen LogP contribution is 2.55. The molecule has 1 N–H and O–H groups in total. The van der Waals surface area contributed by atoms with Gasteiger partial charge in [0.25, 0.3) is 0 Å². The molecule has 124 valence electrons. The number of hydrogen-bond donors (Lipinski definition) is 1. The lowest BCUT2D eigenvalue weighted by atomic mass is 10.3. The number of benzene rings is 1. The number of ether oxygens (including phenoxy) is 1. The third-order valence-corrected chi connectivity index (χ3v) is 6.05. The van der Waals surface area contributed by atoms with Crippen LogP contribution in [0.1, 0.15) is 41.0 Å². The van der Waals surface area contributed by atoms with Crippen molar-refractivity contribution < 1.29 is 18.6 Å². The van der Waals surface area contributed by atoms with E-state index in [4.69, 9.17) is 9.26 Å². The molecule has 5 nitrogen and oxygen atoms in total. The summed E-state index contributed by atoms with van der Waals surface area (Å²) in [5, 5.41) is 2.43. The van der Waals surface area contributed by atoms with Gasteiger partial charge in [-0.2, -0.15) is 0 Å². The molecule has 1 unspecified atom stereocenters. The van der Waals surface area contributed by atoms with Gasteiger partial charge in [-0.15, -0.1) is 0 Å². The Morgan fingerprint density at radius 2 is 1.86 bits per heavy atom. The van der Waals surface area contributed by atoms with Crippen LogP contribution in [0, 0.1) is 0 Å². The van der Waals surface area contributed by atoms with E-state index in [0.29, 0.717) is 12.2 Å². The quantitative estimate of drug-likeness (QED) is 0.606. The fraction of sp³-hybridized carbons (Fsp3) is 0.562. The molecule has 0 aliphatic heterocycles. The van der Waals surface area contributed by atoms with Crippen LogP contribution in [0.5, 0.6) is 5.75 Å². The van der Waals surface area contributed by atoms with Gasteiger partial charge in [-0.1, -0.05) is 25.1 Å². The number of carbonyl (C=O) groups excluding carboxylic acids is 1. The van der Waals surface area contributed by atoms with E-state index in [1.54, 1.807) is 19.1 Å². The monoisotopic (exact) mass is 327 g/mol. The maximum Gasteiger partial charge on any atom is 0.322 e. The van der Waals surface area contributed by atoms with Crippen LogP contribution in [-0.2, 0) is 14.1 Å². The van der Waals surface area contributed by atoms with Crippen LogP contribution in [0.2, 0.25) is 0 Å². The molecule has 0 aromatic heterocycles. The molecule has 0 aliphatic rings. The van der Waals surface area contributed by atoms with Crippen molar-refractivity contribution in [3.05, 3.63) is 30.3 Å². The van der Waals surface area contributed by atoms with Gasteiger partial charge in [0.05, 0.1) is 5.16 Å². The molecular formula is C16H26NO4P. The second-order valence-electron chi connectivity index (χ2n) is 6.19. The largest absolute Gasteiger partial charge is 0.464 e. The fourth-order valence-electron chi connectivity index (χ4n) is 1.63. The van der Waals surface area contributed by atoms with Gasteiger partial charge in [-0.05, 0) is 39.8 Å². The number of para-hydroxylation sites is 1. The summed E-state index contributed by atoms with van der Waals surface area (Å²) >= 11 is 0. The predicted octanol–water partition coefficient (Wildman–Crippen LogP) is 3.99. The molecule has 2 atom stereocenters. The zero-order valence-electron chi connectivity index (χ0n) is 14.0. The van der Waals surface area contributed by atoms with E-state index in [1.807, 2.05) is 45.9 Å². The summed E-state index contributed by atoms with van der Waals surface area (Å²) in [6.07, 6.45) is 0.324.